The van der Waals surface area contributed by atoms with Crippen LogP contribution in [0.4, 0.5) is 5.00 Å². The second-order valence-electron chi connectivity index (χ2n) is 5.91. The molecule has 2 amide bonds. The number of rotatable bonds is 4. The first-order chi connectivity index (χ1) is 11.5. The molecule has 0 fully saturated rings. The summed E-state index contributed by atoms with van der Waals surface area (Å²) in [5, 5.41) is 3.35. The molecule has 24 heavy (non-hydrogen) atoms. The number of thiophene rings is 1. The van der Waals surface area contributed by atoms with Crippen LogP contribution in [0.5, 0.6) is 0 Å². The van der Waals surface area contributed by atoms with Crippen molar-refractivity contribution in [3.05, 3.63) is 51.4 Å². The first kappa shape index (κ1) is 16.7. The molecule has 6 heteroatoms. The molecule has 1 unspecified atom stereocenters. The third kappa shape index (κ3) is 3.20. The Kier molecular flexibility index (Phi) is 4.69. The minimum Gasteiger partial charge on any atom is -0.373 e. The number of ether oxygens (including phenoxy) is 1. The number of nitrogens with two attached hydrogens (primary N) is 1. The Morgan fingerprint density at radius 1 is 1.33 bits per heavy atom. The number of primary amides is 1. The topological polar surface area (TPSA) is 81.4 Å². The number of amides is 2. The molecule has 0 bridgehead atoms. The van der Waals surface area contributed by atoms with Crippen molar-refractivity contribution in [3.63, 3.8) is 0 Å². The number of fused-ring (bicyclic) bond motifs is 1. The molecule has 0 saturated carbocycles. The first-order valence-corrected chi connectivity index (χ1v) is 8.68. The van der Waals surface area contributed by atoms with Gasteiger partial charge in [0.25, 0.3) is 5.91 Å². The number of benzene rings is 1. The molecule has 1 atom stereocenters. The van der Waals surface area contributed by atoms with E-state index in [1.807, 2.05) is 32.0 Å². The molecule has 5 nitrogen and oxygen atoms in total. The minimum atomic E-state index is -0.522. The van der Waals surface area contributed by atoms with Gasteiger partial charge < -0.3 is 15.8 Å². The Morgan fingerprint density at radius 3 is 2.83 bits per heavy atom. The molecule has 3 N–H and O–H groups in total. The molecule has 0 spiro atoms. The summed E-state index contributed by atoms with van der Waals surface area (Å²) in [4.78, 5) is 25.1. The van der Waals surface area contributed by atoms with Crippen molar-refractivity contribution in [2.45, 2.75) is 32.8 Å². The van der Waals surface area contributed by atoms with Gasteiger partial charge >= 0.3 is 0 Å². The molecule has 1 aliphatic heterocycles. The summed E-state index contributed by atoms with van der Waals surface area (Å²) >= 11 is 1.37. The third-order valence-electron chi connectivity index (χ3n) is 4.35. The maximum atomic E-state index is 12.4. The molecule has 0 radical (unpaired) electrons. The van der Waals surface area contributed by atoms with Crippen LogP contribution < -0.4 is 11.1 Å². The largest absolute Gasteiger partial charge is 0.373 e. The zero-order valence-corrected chi connectivity index (χ0v) is 14.5. The van der Waals surface area contributed by atoms with Crippen LogP contribution in [0, 0.1) is 13.8 Å². The van der Waals surface area contributed by atoms with Gasteiger partial charge in [-0.3, -0.25) is 9.59 Å². The summed E-state index contributed by atoms with van der Waals surface area (Å²) in [7, 11) is 0. The van der Waals surface area contributed by atoms with Crippen molar-refractivity contribution in [3.8, 4) is 0 Å². The van der Waals surface area contributed by atoms with E-state index in [1.54, 1.807) is 0 Å². The Morgan fingerprint density at radius 2 is 2.08 bits per heavy atom. The first-order valence-electron chi connectivity index (χ1n) is 7.86. The minimum absolute atomic E-state index is 0.180. The number of aryl methyl sites for hydroxylation is 1. The van der Waals surface area contributed by atoms with Crippen molar-refractivity contribution < 1.29 is 14.3 Å². The van der Waals surface area contributed by atoms with E-state index in [0.717, 1.165) is 22.4 Å². The number of nitrogens with one attached hydrogen (secondary N) is 1. The summed E-state index contributed by atoms with van der Waals surface area (Å²) < 4.78 is 5.77. The molecule has 2 aromatic rings. The lowest BCUT2D eigenvalue weighted by atomic mass is 9.95. The highest BCUT2D eigenvalue weighted by Crippen LogP contribution is 2.34. The Hall–Kier alpha value is -2.18. The van der Waals surface area contributed by atoms with Crippen LogP contribution in [0.2, 0.25) is 0 Å². The van der Waals surface area contributed by atoms with Crippen LogP contribution in [0.25, 0.3) is 0 Å². The van der Waals surface area contributed by atoms with E-state index in [-0.39, 0.29) is 18.4 Å². The van der Waals surface area contributed by atoms with Gasteiger partial charge in [0.15, 0.2) is 0 Å². The molecule has 1 aromatic heterocycles. The zero-order valence-electron chi connectivity index (χ0n) is 13.7. The highest BCUT2D eigenvalue weighted by Gasteiger charge is 2.25. The maximum Gasteiger partial charge on any atom is 0.251 e. The smallest absolute Gasteiger partial charge is 0.251 e. The molecule has 0 aliphatic carbocycles. The Balaban J connectivity index is 1.76. The van der Waals surface area contributed by atoms with Crippen molar-refractivity contribution in [2.75, 3.05) is 11.9 Å². The number of anilines is 1. The van der Waals surface area contributed by atoms with Crippen molar-refractivity contribution >= 4 is 28.2 Å². The molecule has 126 valence electrons. The van der Waals surface area contributed by atoms with Crippen LogP contribution in [0.15, 0.2) is 24.3 Å². The van der Waals surface area contributed by atoms with Crippen LogP contribution in [0.1, 0.15) is 44.5 Å². The molecule has 3 rings (SSSR count). The number of carbonyl (C=O) groups excluding carboxylic acids is 2. The summed E-state index contributed by atoms with van der Waals surface area (Å²) in [5.74, 6) is -0.702. The zero-order chi connectivity index (χ0) is 17.3. The van der Waals surface area contributed by atoms with Gasteiger partial charge in [-0.15, -0.1) is 11.3 Å². The van der Waals surface area contributed by atoms with E-state index in [2.05, 4.69) is 11.4 Å². The van der Waals surface area contributed by atoms with E-state index in [9.17, 15) is 9.59 Å². The second-order valence-corrected chi connectivity index (χ2v) is 7.14. The van der Waals surface area contributed by atoms with Crippen molar-refractivity contribution in [1.82, 2.24) is 0 Å². The van der Waals surface area contributed by atoms with Gasteiger partial charge in [-0.25, -0.2) is 0 Å². The second kappa shape index (κ2) is 6.75. The molecule has 1 aromatic carbocycles. The quantitative estimate of drug-likeness (QED) is 0.894. The van der Waals surface area contributed by atoms with Gasteiger partial charge in [0.1, 0.15) is 5.00 Å². The lowest BCUT2D eigenvalue weighted by Gasteiger charge is -2.25. The van der Waals surface area contributed by atoms with Crippen molar-refractivity contribution in [2.24, 2.45) is 5.73 Å². The summed E-state index contributed by atoms with van der Waals surface area (Å²) in [5.41, 5.74) is 8.95. The fourth-order valence-corrected chi connectivity index (χ4v) is 4.09. The highest BCUT2D eigenvalue weighted by molar-refractivity contribution is 7.16. The van der Waals surface area contributed by atoms with E-state index in [1.165, 1.54) is 16.9 Å². The van der Waals surface area contributed by atoms with Gasteiger partial charge in [0.05, 0.1) is 24.7 Å². The van der Waals surface area contributed by atoms with E-state index < -0.39 is 5.91 Å². The third-order valence-corrected chi connectivity index (χ3v) is 5.47. The fourth-order valence-electron chi connectivity index (χ4n) is 3.00. The number of hydrogen-bond donors (Lipinski definition) is 2. The molecular formula is C18H20N2O3S. The van der Waals surface area contributed by atoms with Gasteiger partial charge in [0.2, 0.25) is 5.91 Å². The average Bonchev–Trinajstić information content (AvgIpc) is 2.82. The monoisotopic (exact) mass is 344 g/mol. The lowest BCUT2D eigenvalue weighted by Crippen LogP contribution is -2.23. The number of carbonyl (C=O) groups is 2. The van der Waals surface area contributed by atoms with Crippen LogP contribution in [-0.4, -0.2) is 18.4 Å². The average molecular weight is 344 g/mol. The summed E-state index contributed by atoms with van der Waals surface area (Å²) in [6.45, 7) is 4.35. The molecular weight excluding hydrogens is 324 g/mol. The van der Waals surface area contributed by atoms with Crippen molar-refractivity contribution in [1.29, 1.82) is 0 Å². The van der Waals surface area contributed by atoms with E-state index in [0.29, 0.717) is 17.2 Å². The molecule has 0 saturated heterocycles. The molecule has 1 aliphatic rings. The summed E-state index contributed by atoms with van der Waals surface area (Å²) in [6, 6.07) is 8.02. The van der Waals surface area contributed by atoms with E-state index in [4.69, 9.17) is 10.5 Å². The summed E-state index contributed by atoms with van der Waals surface area (Å²) in [6.07, 6.45) is 0.823. The van der Waals surface area contributed by atoms with E-state index >= 15 is 0 Å². The van der Waals surface area contributed by atoms with Gasteiger partial charge in [-0.05, 0) is 37.0 Å². The predicted octanol–water partition coefficient (Wildman–Crippen LogP) is 3.11. The van der Waals surface area contributed by atoms with Gasteiger partial charge in [-0.1, -0.05) is 24.3 Å². The highest BCUT2D eigenvalue weighted by atomic mass is 32.1. The van der Waals surface area contributed by atoms with Crippen LogP contribution in [-0.2, 0) is 16.0 Å². The lowest BCUT2D eigenvalue weighted by molar-refractivity contribution is -0.119. The standard InChI is InChI=1S/C18H20N2O3S/c1-10-11(2)24-18(16(10)17(19)22)20-15(21)9-14-13-6-4-3-5-12(13)7-8-23-14/h3-6,14H,7-9H2,1-2H3,(H2,19,22)(H,20,21). The molecule has 2 heterocycles. The maximum absolute atomic E-state index is 12.4. The predicted molar refractivity (Wildman–Crippen MR) is 94.4 cm³/mol. The Bertz CT molecular complexity index is 798. The van der Waals surface area contributed by atoms with Gasteiger partial charge in [-0.2, -0.15) is 0 Å². The van der Waals surface area contributed by atoms with Gasteiger partial charge in [0, 0.05) is 4.88 Å². The SMILES string of the molecule is Cc1sc(NC(=O)CC2OCCc3ccccc32)c(C(N)=O)c1C. The normalized spacial score (nSPS) is 16.5. The van der Waals surface area contributed by atoms with Crippen LogP contribution in [0.3, 0.4) is 0 Å². The fraction of sp³-hybridized carbons (Fsp3) is 0.333. The Labute approximate surface area is 144 Å². The number of hydrogen-bond acceptors (Lipinski definition) is 4. The van der Waals surface area contributed by atoms with Crippen LogP contribution >= 0.6 is 11.3 Å².